The number of hydrogen-bond donors (Lipinski definition) is 1. The molecule has 2 aromatic rings. The quantitative estimate of drug-likeness (QED) is 0.877. The van der Waals surface area contributed by atoms with Crippen LogP contribution in [0, 0.1) is 0 Å². The molecule has 0 unspecified atom stereocenters. The molecule has 0 saturated carbocycles. The van der Waals surface area contributed by atoms with E-state index in [1.165, 1.54) is 6.20 Å². The number of aromatic amines is 1. The number of pyridine rings is 1. The van der Waals surface area contributed by atoms with Crippen molar-refractivity contribution < 1.29 is 4.79 Å². The molecule has 3 heterocycles. The highest BCUT2D eigenvalue weighted by atomic mass is 16.2. The van der Waals surface area contributed by atoms with Gasteiger partial charge in [0.25, 0.3) is 0 Å². The molecule has 0 radical (unpaired) electrons. The fourth-order valence-electron chi connectivity index (χ4n) is 3.27. The predicted molar refractivity (Wildman–Crippen MR) is 94.0 cm³/mol. The van der Waals surface area contributed by atoms with Crippen LogP contribution in [0.3, 0.4) is 0 Å². The van der Waals surface area contributed by atoms with Crippen molar-refractivity contribution in [1.29, 1.82) is 0 Å². The van der Waals surface area contributed by atoms with Gasteiger partial charge in [0.2, 0.25) is 5.91 Å². The van der Waals surface area contributed by atoms with Gasteiger partial charge in [-0.2, -0.15) is 0 Å². The molecular formula is C18H23N5O2. The molecule has 2 aromatic heterocycles. The van der Waals surface area contributed by atoms with Crippen LogP contribution in [-0.2, 0) is 11.3 Å². The van der Waals surface area contributed by atoms with Crippen LogP contribution in [0.5, 0.6) is 0 Å². The van der Waals surface area contributed by atoms with Crippen LogP contribution in [0.25, 0.3) is 0 Å². The van der Waals surface area contributed by atoms with Crippen LogP contribution in [0.15, 0.2) is 41.6 Å². The number of nitrogens with one attached hydrogen (secondary N) is 1. The minimum atomic E-state index is -0.336. The third-order valence-electron chi connectivity index (χ3n) is 4.49. The number of carbonyl (C=O) groups is 1. The molecule has 1 N–H and O–H groups in total. The average molecular weight is 341 g/mol. The zero-order chi connectivity index (χ0) is 17.6. The molecule has 1 saturated heterocycles. The van der Waals surface area contributed by atoms with Crippen LogP contribution in [0.2, 0.25) is 0 Å². The fourth-order valence-corrected chi connectivity index (χ4v) is 3.27. The number of likely N-dealkylation sites (N-methyl/N-ethyl adjacent to an activating group) is 1. The third-order valence-corrected chi connectivity index (χ3v) is 4.49. The summed E-state index contributed by atoms with van der Waals surface area (Å²) in [5.41, 5.74) is 1.61. The van der Waals surface area contributed by atoms with E-state index in [0.717, 1.165) is 30.6 Å². The number of piperidine rings is 1. The summed E-state index contributed by atoms with van der Waals surface area (Å²) >= 11 is 0. The number of likely N-dealkylation sites (tertiary alicyclic amines) is 1. The fraction of sp³-hybridized carbons (Fsp3) is 0.444. The van der Waals surface area contributed by atoms with Gasteiger partial charge >= 0.3 is 5.69 Å². The number of carbonyl (C=O) groups excluding carboxylic acids is 1. The van der Waals surface area contributed by atoms with Crippen LogP contribution in [0.4, 0.5) is 0 Å². The highest BCUT2D eigenvalue weighted by Crippen LogP contribution is 2.24. The lowest BCUT2D eigenvalue weighted by atomic mass is 9.94. The summed E-state index contributed by atoms with van der Waals surface area (Å²) in [6.07, 6.45) is 6.99. The summed E-state index contributed by atoms with van der Waals surface area (Å²) in [5.74, 6) is 0.282. The van der Waals surface area contributed by atoms with Gasteiger partial charge in [-0.05, 0) is 37.6 Å². The molecule has 132 valence electrons. The Hall–Kier alpha value is -2.54. The van der Waals surface area contributed by atoms with E-state index >= 15 is 0 Å². The zero-order valence-electron chi connectivity index (χ0n) is 14.4. The SMILES string of the molecule is CN(CC(=O)N1CCC[C@H](c2ccnc(=O)[nH]2)C1)Cc1cccnc1. The van der Waals surface area contributed by atoms with Crippen LogP contribution < -0.4 is 5.69 Å². The van der Waals surface area contributed by atoms with Crippen molar-refractivity contribution in [2.75, 3.05) is 26.7 Å². The van der Waals surface area contributed by atoms with Crippen LogP contribution in [-0.4, -0.2) is 57.3 Å². The number of amides is 1. The Morgan fingerprint density at radius 3 is 3.04 bits per heavy atom. The largest absolute Gasteiger partial charge is 0.345 e. The Bertz CT molecular complexity index is 761. The normalized spacial score (nSPS) is 17.7. The molecule has 0 aliphatic carbocycles. The second-order valence-electron chi connectivity index (χ2n) is 6.54. The highest BCUT2D eigenvalue weighted by molar-refractivity contribution is 5.78. The van der Waals surface area contributed by atoms with E-state index in [0.29, 0.717) is 19.6 Å². The van der Waals surface area contributed by atoms with Gasteiger partial charge in [-0.3, -0.25) is 14.7 Å². The first-order chi connectivity index (χ1) is 12.1. The lowest BCUT2D eigenvalue weighted by Gasteiger charge is -2.33. The van der Waals surface area contributed by atoms with Gasteiger partial charge in [0.05, 0.1) is 6.54 Å². The van der Waals surface area contributed by atoms with E-state index in [4.69, 9.17) is 0 Å². The third kappa shape index (κ3) is 4.73. The van der Waals surface area contributed by atoms with Gasteiger partial charge in [0.1, 0.15) is 0 Å². The first kappa shape index (κ1) is 17.3. The average Bonchev–Trinajstić information content (AvgIpc) is 2.62. The van der Waals surface area contributed by atoms with Crippen molar-refractivity contribution in [3.63, 3.8) is 0 Å². The lowest BCUT2D eigenvalue weighted by Crippen LogP contribution is -2.44. The first-order valence-corrected chi connectivity index (χ1v) is 8.52. The molecule has 25 heavy (non-hydrogen) atoms. The Balaban J connectivity index is 1.57. The second-order valence-corrected chi connectivity index (χ2v) is 6.54. The molecule has 1 atom stereocenters. The summed E-state index contributed by atoms with van der Waals surface area (Å²) in [6.45, 7) is 2.47. The van der Waals surface area contributed by atoms with Gasteiger partial charge < -0.3 is 9.88 Å². The minimum absolute atomic E-state index is 0.118. The molecule has 1 aliphatic heterocycles. The number of rotatable bonds is 5. The van der Waals surface area contributed by atoms with Crippen molar-refractivity contribution in [1.82, 2.24) is 24.8 Å². The van der Waals surface area contributed by atoms with E-state index in [-0.39, 0.29) is 17.5 Å². The van der Waals surface area contributed by atoms with E-state index < -0.39 is 0 Å². The lowest BCUT2D eigenvalue weighted by molar-refractivity contribution is -0.133. The summed E-state index contributed by atoms with van der Waals surface area (Å²) in [5, 5.41) is 0. The van der Waals surface area contributed by atoms with Crippen molar-refractivity contribution >= 4 is 5.91 Å². The molecule has 7 heteroatoms. The number of aromatic nitrogens is 3. The summed E-state index contributed by atoms with van der Waals surface area (Å²) in [7, 11) is 1.94. The molecular weight excluding hydrogens is 318 g/mol. The number of hydrogen-bond acceptors (Lipinski definition) is 5. The van der Waals surface area contributed by atoms with Crippen molar-refractivity contribution in [3.05, 3.63) is 58.5 Å². The van der Waals surface area contributed by atoms with E-state index in [2.05, 4.69) is 15.0 Å². The van der Waals surface area contributed by atoms with Crippen LogP contribution >= 0.6 is 0 Å². The van der Waals surface area contributed by atoms with E-state index in [9.17, 15) is 9.59 Å². The maximum Gasteiger partial charge on any atom is 0.345 e. The smallest absolute Gasteiger partial charge is 0.341 e. The van der Waals surface area contributed by atoms with Gasteiger partial charge in [0, 0.05) is 49.8 Å². The Morgan fingerprint density at radius 1 is 1.40 bits per heavy atom. The molecule has 0 bridgehead atoms. The Labute approximate surface area is 146 Å². The number of nitrogens with zero attached hydrogens (tertiary/aromatic N) is 4. The summed E-state index contributed by atoms with van der Waals surface area (Å²) < 4.78 is 0. The van der Waals surface area contributed by atoms with Crippen molar-refractivity contribution in [2.45, 2.75) is 25.3 Å². The minimum Gasteiger partial charge on any atom is -0.341 e. The molecule has 0 aromatic carbocycles. The maximum atomic E-state index is 12.6. The highest BCUT2D eigenvalue weighted by Gasteiger charge is 2.25. The monoisotopic (exact) mass is 341 g/mol. The second kappa shape index (κ2) is 8.02. The Morgan fingerprint density at radius 2 is 2.28 bits per heavy atom. The molecule has 3 rings (SSSR count). The van der Waals surface area contributed by atoms with E-state index in [1.54, 1.807) is 6.20 Å². The van der Waals surface area contributed by atoms with Gasteiger partial charge in [0.15, 0.2) is 0 Å². The van der Waals surface area contributed by atoms with Gasteiger partial charge in [-0.15, -0.1) is 0 Å². The molecule has 1 fully saturated rings. The van der Waals surface area contributed by atoms with E-state index in [1.807, 2.05) is 41.2 Å². The van der Waals surface area contributed by atoms with Crippen molar-refractivity contribution in [2.24, 2.45) is 0 Å². The topological polar surface area (TPSA) is 82.2 Å². The van der Waals surface area contributed by atoms with Gasteiger partial charge in [-0.25, -0.2) is 9.78 Å². The Kier molecular flexibility index (Phi) is 5.55. The molecule has 0 spiro atoms. The molecule has 1 aliphatic rings. The van der Waals surface area contributed by atoms with Crippen molar-refractivity contribution in [3.8, 4) is 0 Å². The maximum absolute atomic E-state index is 12.6. The molecule has 7 nitrogen and oxygen atoms in total. The number of H-pyrrole nitrogens is 1. The summed E-state index contributed by atoms with van der Waals surface area (Å²) in [4.78, 5) is 38.5. The molecule has 1 amide bonds. The zero-order valence-corrected chi connectivity index (χ0v) is 14.4. The van der Waals surface area contributed by atoms with Crippen LogP contribution in [0.1, 0.15) is 30.0 Å². The summed E-state index contributed by atoms with van der Waals surface area (Å²) in [6, 6.07) is 5.73. The first-order valence-electron chi connectivity index (χ1n) is 8.52. The standard InChI is InChI=1S/C18H23N5O2/c1-22(11-14-4-2-7-19-10-14)13-17(24)23-9-3-5-15(12-23)16-6-8-20-18(25)21-16/h2,4,6-8,10,15H,3,5,9,11-13H2,1H3,(H,20,21,25)/t15-/m0/s1. The van der Waals surface area contributed by atoms with Gasteiger partial charge in [-0.1, -0.05) is 6.07 Å². The predicted octanol–water partition coefficient (Wildman–Crippen LogP) is 1.00.